The lowest BCUT2D eigenvalue weighted by molar-refractivity contribution is -0.116. The molecule has 0 amide bonds. The van der Waals surface area contributed by atoms with Gasteiger partial charge in [-0.25, -0.2) is 0 Å². The van der Waals surface area contributed by atoms with Crippen LogP contribution in [0.5, 0.6) is 0 Å². The summed E-state index contributed by atoms with van der Waals surface area (Å²) in [5.74, 6) is 0.244. The van der Waals surface area contributed by atoms with Gasteiger partial charge in [-0.05, 0) is 40.0 Å². The van der Waals surface area contributed by atoms with Crippen molar-refractivity contribution >= 4 is 11.9 Å². The van der Waals surface area contributed by atoms with E-state index < -0.39 is 0 Å². The van der Waals surface area contributed by atoms with Gasteiger partial charge < -0.3 is 0 Å². The molecule has 112 valence electrons. The summed E-state index contributed by atoms with van der Waals surface area (Å²) in [4.78, 5) is 11.7. The first-order chi connectivity index (χ1) is 9.66. The van der Waals surface area contributed by atoms with Gasteiger partial charge >= 0.3 is 0 Å². The zero-order valence-electron chi connectivity index (χ0n) is 13.9. The molecule has 21 heavy (non-hydrogen) atoms. The number of allylic oxidation sites excluding steroid dienone is 3. The van der Waals surface area contributed by atoms with Crippen molar-refractivity contribution in [2.45, 2.75) is 52.9 Å². The Kier molecular flexibility index (Phi) is 4.22. The summed E-state index contributed by atoms with van der Waals surface area (Å²) >= 11 is 0. The van der Waals surface area contributed by atoms with Crippen LogP contribution < -0.4 is 0 Å². The fraction of sp³-hybridized carbons (Fsp3) is 0.450. The third-order valence-electron chi connectivity index (χ3n) is 3.95. The average molecular weight is 282 g/mol. The van der Waals surface area contributed by atoms with Gasteiger partial charge in [0.05, 0.1) is 0 Å². The van der Waals surface area contributed by atoms with E-state index in [0.29, 0.717) is 6.42 Å². The summed E-state index contributed by atoms with van der Waals surface area (Å²) in [5.41, 5.74) is 3.93. The van der Waals surface area contributed by atoms with Crippen LogP contribution in [0.2, 0.25) is 0 Å². The Bertz CT molecular complexity index is 577. The summed E-state index contributed by atoms with van der Waals surface area (Å²) < 4.78 is 0. The molecule has 1 aromatic rings. The van der Waals surface area contributed by atoms with Gasteiger partial charge in [0.15, 0.2) is 5.78 Å². The molecule has 0 unspecified atom stereocenters. The molecule has 0 radical (unpaired) electrons. The molecule has 0 saturated carbocycles. The second-order valence-electron chi connectivity index (χ2n) is 7.91. The van der Waals surface area contributed by atoms with E-state index in [1.807, 2.05) is 0 Å². The molecule has 0 atom stereocenters. The minimum Gasteiger partial charge on any atom is -0.295 e. The van der Waals surface area contributed by atoms with E-state index in [2.05, 4.69) is 71.0 Å². The summed E-state index contributed by atoms with van der Waals surface area (Å²) in [6.07, 6.45) is 7.61. The van der Waals surface area contributed by atoms with Crippen molar-refractivity contribution < 1.29 is 4.79 Å². The molecule has 1 aliphatic carbocycles. The number of ketones is 1. The van der Waals surface area contributed by atoms with Crippen molar-refractivity contribution in [2.24, 2.45) is 5.41 Å². The number of rotatable bonds is 2. The van der Waals surface area contributed by atoms with Crippen LogP contribution in [0.25, 0.3) is 6.08 Å². The van der Waals surface area contributed by atoms with E-state index >= 15 is 0 Å². The fourth-order valence-corrected chi connectivity index (χ4v) is 2.80. The zero-order valence-corrected chi connectivity index (χ0v) is 13.9. The monoisotopic (exact) mass is 282 g/mol. The van der Waals surface area contributed by atoms with E-state index in [1.54, 1.807) is 6.08 Å². The molecule has 1 heteroatoms. The first-order valence-corrected chi connectivity index (χ1v) is 7.68. The first-order valence-electron chi connectivity index (χ1n) is 7.68. The highest BCUT2D eigenvalue weighted by atomic mass is 16.1. The molecule has 1 aliphatic rings. The number of carbonyl (C=O) groups excluding carboxylic acids is 1. The molecule has 0 aliphatic heterocycles. The summed E-state index contributed by atoms with van der Waals surface area (Å²) in [5, 5.41) is 0. The second-order valence-corrected chi connectivity index (χ2v) is 7.91. The molecular weight excluding hydrogens is 256 g/mol. The maximum Gasteiger partial charge on any atom is 0.156 e. The van der Waals surface area contributed by atoms with Crippen LogP contribution in [0.15, 0.2) is 42.0 Å². The Morgan fingerprint density at radius 2 is 1.62 bits per heavy atom. The van der Waals surface area contributed by atoms with Gasteiger partial charge in [0.25, 0.3) is 0 Å². The van der Waals surface area contributed by atoms with Crippen molar-refractivity contribution in [3.05, 3.63) is 53.1 Å². The predicted molar refractivity (Wildman–Crippen MR) is 90.3 cm³/mol. The van der Waals surface area contributed by atoms with Crippen LogP contribution >= 0.6 is 0 Å². The minimum atomic E-state index is 0.0849. The van der Waals surface area contributed by atoms with Gasteiger partial charge in [-0.15, -0.1) is 0 Å². The number of hydrogen-bond acceptors (Lipinski definition) is 1. The Morgan fingerprint density at radius 3 is 2.14 bits per heavy atom. The Labute approximate surface area is 128 Å². The third kappa shape index (κ3) is 4.42. The van der Waals surface area contributed by atoms with E-state index in [9.17, 15) is 4.79 Å². The molecule has 2 rings (SSSR count). The predicted octanol–water partition coefficient (Wildman–Crippen LogP) is 5.31. The van der Waals surface area contributed by atoms with E-state index in [4.69, 9.17) is 0 Å². The topological polar surface area (TPSA) is 17.1 Å². The molecule has 0 saturated heterocycles. The molecule has 0 aromatic heterocycles. The van der Waals surface area contributed by atoms with Crippen molar-refractivity contribution in [1.82, 2.24) is 0 Å². The second kappa shape index (κ2) is 5.63. The van der Waals surface area contributed by atoms with Gasteiger partial charge in [-0.1, -0.05) is 71.0 Å². The van der Waals surface area contributed by atoms with Crippen molar-refractivity contribution in [2.75, 3.05) is 0 Å². The Morgan fingerprint density at radius 1 is 1.00 bits per heavy atom. The SMILES string of the molecule is CC1(C)CC(=O)C=C(/C=C/c2ccc(C(C)(C)C)cc2)C1. The molecule has 1 nitrogen and oxygen atoms in total. The Hall–Kier alpha value is -1.63. The average Bonchev–Trinajstić information content (AvgIpc) is 2.33. The van der Waals surface area contributed by atoms with Gasteiger partial charge in [0.2, 0.25) is 0 Å². The van der Waals surface area contributed by atoms with Crippen LogP contribution in [0.4, 0.5) is 0 Å². The Balaban J connectivity index is 2.13. The molecule has 0 fully saturated rings. The molecule has 0 spiro atoms. The van der Waals surface area contributed by atoms with Crippen LogP contribution in [0, 0.1) is 5.41 Å². The highest BCUT2D eigenvalue weighted by molar-refractivity contribution is 5.92. The molecule has 0 N–H and O–H groups in total. The lowest BCUT2D eigenvalue weighted by atomic mass is 9.77. The summed E-state index contributed by atoms with van der Waals surface area (Å²) in [6, 6.07) is 8.66. The smallest absolute Gasteiger partial charge is 0.156 e. The maximum absolute atomic E-state index is 11.7. The standard InChI is InChI=1S/C20H26O/c1-19(2,3)17-10-8-15(9-11-17)6-7-16-12-18(21)14-20(4,5)13-16/h6-12H,13-14H2,1-5H3/b7-6+. The van der Waals surface area contributed by atoms with Gasteiger partial charge in [0, 0.05) is 6.42 Å². The van der Waals surface area contributed by atoms with Gasteiger partial charge in [-0.3, -0.25) is 4.79 Å². The van der Waals surface area contributed by atoms with Crippen LogP contribution in [0.3, 0.4) is 0 Å². The molecule has 1 aromatic carbocycles. The third-order valence-corrected chi connectivity index (χ3v) is 3.95. The van der Waals surface area contributed by atoms with Gasteiger partial charge in [0.1, 0.15) is 0 Å². The summed E-state index contributed by atoms with van der Waals surface area (Å²) in [6.45, 7) is 11.0. The molecule has 0 bridgehead atoms. The number of benzene rings is 1. The lowest BCUT2D eigenvalue weighted by Crippen LogP contribution is -2.21. The minimum absolute atomic E-state index is 0.0849. The number of carbonyl (C=O) groups is 1. The number of hydrogen-bond donors (Lipinski definition) is 0. The zero-order chi connectivity index (χ0) is 15.7. The highest BCUT2D eigenvalue weighted by Gasteiger charge is 2.26. The fourth-order valence-electron chi connectivity index (χ4n) is 2.80. The van der Waals surface area contributed by atoms with Crippen LogP contribution in [-0.4, -0.2) is 5.78 Å². The largest absolute Gasteiger partial charge is 0.295 e. The van der Waals surface area contributed by atoms with E-state index in [0.717, 1.165) is 12.0 Å². The van der Waals surface area contributed by atoms with E-state index in [-0.39, 0.29) is 16.6 Å². The van der Waals surface area contributed by atoms with Crippen molar-refractivity contribution in [3.8, 4) is 0 Å². The lowest BCUT2D eigenvalue weighted by Gasteiger charge is -2.27. The van der Waals surface area contributed by atoms with Crippen molar-refractivity contribution in [1.29, 1.82) is 0 Å². The summed E-state index contributed by atoms with van der Waals surface area (Å²) in [7, 11) is 0. The quantitative estimate of drug-likeness (QED) is 0.718. The van der Waals surface area contributed by atoms with Crippen molar-refractivity contribution in [3.63, 3.8) is 0 Å². The maximum atomic E-state index is 11.7. The van der Waals surface area contributed by atoms with Crippen LogP contribution in [-0.2, 0) is 10.2 Å². The van der Waals surface area contributed by atoms with E-state index in [1.165, 1.54) is 11.1 Å². The molecular formula is C20H26O. The normalized spacial score (nSPS) is 18.9. The molecule has 0 heterocycles. The first kappa shape index (κ1) is 15.8. The van der Waals surface area contributed by atoms with Gasteiger partial charge in [-0.2, -0.15) is 0 Å². The van der Waals surface area contributed by atoms with Crippen LogP contribution in [0.1, 0.15) is 58.6 Å². The highest BCUT2D eigenvalue weighted by Crippen LogP contribution is 2.34.